The quantitative estimate of drug-likeness (QED) is 0.721. The van der Waals surface area contributed by atoms with E-state index in [1.165, 1.54) is 6.26 Å². The molecule has 0 amide bonds. The third-order valence-electron chi connectivity index (χ3n) is 5.51. The minimum Gasteiger partial charge on any atom is -0.385 e. The van der Waals surface area contributed by atoms with Gasteiger partial charge in [0.1, 0.15) is 0 Å². The first-order chi connectivity index (χ1) is 12.8. The number of allylic oxidation sites excluding steroid dienone is 2. The van der Waals surface area contributed by atoms with Crippen LogP contribution in [0.15, 0.2) is 46.9 Å². The number of rotatable bonds is 6. The van der Waals surface area contributed by atoms with Crippen molar-refractivity contribution >= 4 is 15.2 Å². The molecule has 0 saturated carbocycles. The van der Waals surface area contributed by atoms with Gasteiger partial charge in [-0.05, 0) is 49.4 Å². The molecule has 1 aliphatic carbocycles. The van der Waals surface area contributed by atoms with Gasteiger partial charge in [0, 0.05) is 26.5 Å². The molecule has 2 unspecified atom stereocenters. The third-order valence-corrected chi connectivity index (χ3v) is 8.54. The van der Waals surface area contributed by atoms with Crippen LogP contribution >= 0.6 is 0 Å². The van der Waals surface area contributed by atoms with Crippen molar-refractivity contribution in [3.8, 4) is 0 Å². The van der Waals surface area contributed by atoms with Gasteiger partial charge in [-0.25, -0.2) is 0 Å². The molecule has 0 aromatic heterocycles. The highest BCUT2D eigenvalue weighted by Gasteiger charge is 2.42. The smallest absolute Gasteiger partial charge is 0.0616 e. The fourth-order valence-electron chi connectivity index (χ4n) is 4.21. The lowest BCUT2D eigenvalue weighted by molar-refractivity contribution is 0.193. The van der Waals surface area contributed by atoms with Crippen molar-refractivity contribution in [2.45, 2.75) is 32.7 Å². The Morgan fingerprint density at radius 3 is 2.81 bits per heavy atom. The van der Waals surface area contributed by atoms with Crippen molar-refractivity contribution in [3.05, 3.63) is 52.5 Å². The van der Waals surface area contributed by atoms with Crippen molar-refractivity contribution in [1.82, 2.24) is 5.32 Å². The molecule has 0 saturated heterocycles. The highest BCUT2D eigenvalue weighted by molar-refractivity contribution is 8.19. The van der Waals surface area contributed by atoms with Gasteiger partial charge in [-0.1, -0.05) is 37.3 Å². The average Bonchev–Trinajstić information content (AvgIpc) is 2.68. The van der Waals surface area contributed by atoms with Crippen molar-refractivity contribution in [1.29, 1.82) is 0 Å². The fourth-order valence-corrected chi connectivity index (χ4v) is 7.09. The second-order valence-corrected chi connectivity index (χ2v) is 11.0. The van der Waals surface area contributed by atoms with E-state index in [2.05, 4.69) is 30.5 Å². The highest BCUT2D eigenvalue weighted by Crippen LogP contribution is 2.50. The highest BCUT2D eigenvalue weighted by atomic mass is 32.3. The zero-order chi connectivity index (χ0) is 19.7. The topological polar surface area (TPSA) is 61.8 Å². The van der Waals surface area contributed by atoms with E-state index in [0.717, 1.165) is 29.8 Å². The van der Waals surface area contributed by atoms with Crippen molar-refractivity contribution in [2.75, 3.05) is 37.4 Å². The predicted octanol–water partition coefficient (Wildman–Crippen LogP) is 3.88. The van der Waals surface area contributed by atoms with Gasteiger partial charge in [0.15, 0.2) is 0 Å². The molecule has 1 aliphatic heterocycles. The van der Waals surface area contributed by atoms with Crippen LogP contribution in [-0.2, 0) is 14.3 Å². The summed E-state index contributed by atoms with van der Waals surface area (Å²) in [6.45, 7) is 5.98. The molecule has 0 fully saturated rings. The van der Waals surface area contributed by atoms with Gasteiger partial charge in [0.2, 0.25) is 0 Å². The van der Waals surface area contributed by atoms with Gasteiger partial charge in [-0.15, -0.1) is 9.53 Å². The number of anilines is 1. The first-order valence-corrected chi connectivity index (χ1v) is 12.0. The predicted molar refractivity (Wildman–Crippen MR) is 113 cm³/mol. The Hall–Kier alpha value is -1.47. The van der Waals surface area contributed by atoms with Gasteiger partial charge < -0.3 is 10.1 Å². The second kappa shape index (κ2) is 7.51. The molecule has 5 nitrogen and oxygen atoms in total. The summed E-state index contributed by atoms with van der Waals surface area (Å²) in [5, 5.41) is 3.62. The van der Waals surface area contributed by atoms with E-state index in [9.17, 15) is 8.76 Å². The molecule has 27 heavy (non-hydrogen) atoms. The lowest BCUT2D eigenvalue weighted by Gasteiger charge is -2.51. The van der Waals surface area contributed by atoms with Crippen LogP contribution in [0.4, 0.5) is 5.69 Å². The van der Waals surface area contributed by atoms with Crippen LogP contribution in [-0.4, -0.2) is 41.8 Å². The number of benzene rings is 1. The molecular formula is C21H32N2O3S. The molecule has 150 valence electrons. The number of para-hydroxylation sites is 1. The van der Waals surface area contributed by atoms with Gasteiger partial charge >= 0.3 is 0 Å². The SMILES string of the molecule is CCN1c2ccccc2C(NCCCOC)C2=C(CC(C)C=C2)S1(C)(=O)O. The second-order valence-electron chi connectivity index (χ2n) is 7.64. The van der Waals surface area contributed by atoms with Gasteiger partial charge in [-0.2, -0.15) is 4.21 Å². The fraction of sp³-hybridized carbons (Fsp3) is 0.524. The molecule has 1 aromatic rings. The zero-order valence-corrected chi connectivity index (χ0v) is 17.6. The van der Waals surface area contributed by atoms with E-state index in [-0.39, 0.29) is 12.0 Å². The van der Waals surface area contributed by atoms with Crippen molar-refractivity contribution in [3.63, 3.8) is 0 Å². The Morgan fingerprint density at radius 2 is 2.11 bits per heavy atom. The van der Waals surface area contributed by atoms with Gasteiger partial charge in [0.25, 0.3) is 0 Å². The summed E-state index contributed by atoms with van der Waals surface area (Å²) in [5.41, 5.74) is 2.83. The van der Waals surface area contributed by atoms with Crippen LogP contribution in [0.5, 0.6) is 0 Å². The number of methoxy groups -OCH3 is 1. The molecule has 2 aliphatic rings. The maximum atomic E-state index is 14.1. The van der Waals surface area contributed by atoms with E-state index in [0.29, 0.717) is 24.5 Å². The van der Waals surface area contributed by atoms with Crippen LogP contribution in [0.1, 0.15) is 38.3 Å². The Morgan fingerprint density at radius 1 is 1.37 bits per heavy atom. The molecule has 2 atom stereocenters. The lowest BCUT2D eigenvalue weighted by Crippen LogP contribution is -2.51. The number of ether oxygens (including phenoxy) is 1. The average molecular weight is 393 g/mol. The normalized spacial score (nSPS) is 27.3. The largest absolute Gasteiger partial charge is 0.385 e. The van der Waals surface area contributed by atoms with E-state index < -0.39 is 9.53 Å². The van der Waals surface area contributed by atoms with E-state index in [1.54, 1.807) is 11.4 Å². The summed E-state index contributed by atoms with van der Waals surface area (Å²) in [4.78, 5) is 0.671. The summed E-state index contributed by atoms with van der Waals surface area (Å²) >= 11 is 0. The van der Waals surface area contributed by atoms with E-state index in [1.807, 2.05) is 25.1 Å². The first kappa shape index (κ1) is 20.3. The Kier molecular flexibility index (Phi) is 5.64. The lowest BCUT2D eigenvalue weighted by atomic mass is 9.90. The zero-order valence-electron chi connectivity index (χ0n) is 16.8. The Bertz CT molecular complexity index is 824. The maximum Gasteiger partial charge on any atom is 0.0616 e. The van der Waals surface area contributed by atoms with Crippen LogP contribution in [0.3, 0.4) is 0 Å². The van der Waals surface area contributed by atoms with Crippen LogP contribution in [0, 0.1) is 5.92 Å². The molecule has 1 heterocycles. The van der Waals surface area contributed by atoms with Gasteiger partial charge in [-0.3, -0.25) is 8.86 Å². The number of hydrogen-bond acceptors (Lipinski definition) is 3. The number of hydrogen-bond donors (Lipinski definition) is 2. The minimum absolute atomic E-state index is 0.107. The van der Waals surface area contributed by atoms with Gasteiger partial charge in [0.05, 0.1) is 16.6 Å². The Balaban J connectivity index is 2.18. The monoisotopic (exact) mass is 392 g/mol. The third kappa shape index (κ3) is 3.63. The van der Waals surface area contributed by atoms with Crippen LogP contribution < -0.4 is 9.62 Å². The summed E-state index contributed by atoms with van der Waals surface area (Å²) < 4.78 is 32.6. The van der Waals surface area contributed by atoms with Crippen LogP contribution in [0.2, 0.25) is 0 Å². The summed E-state index contributed by atoms with van der Waals surface area (Å²) in [7, 11) is -2.47. The summed E-state index contributed by atoms with van der Waals surface area (Å²) in [6.07, 6.45) is 7.22. The molecule has 6 heteroatoms. The Labute approximate surface area is 162 Å². The molecule has 0 bridgehead atoms. The molecule has 2 N–H and O–H groups in total. The van der Waals surface area contributed by atoms with Crippen LogP contribution in [0.25, 0.3) is 0 Å². The minimum atomic E-state index is -4.17. The summed E-state index contributed by atoms with van der Waals surface area (Å²) in [6, 6.07) is 7.86. The summed E-state index contributed by atoms with van der Waals surface area (Å²) in [5.74, 6) is 0.245. The van der Waals surface area contributed by atoms with E-state index in [4.69, 9.17) is 4.74 Å². The van der Waals surface area contributed by atoms with Crippen molar-refractivity contribution in [2.24, 2.45) is 5.92 Å². The number of fused-ring (bicyclic) bond motifs is 1. The molecular weight excluding hydrogens is 360 g/mol. The van der Waals surface area contributed by atoms with Crippen molar-refractivity contribution < 1.29 is 13.5 Å². The molecule has 0 spiro atoms. The number of nitrogens with zero attached hydrogens (tertiary/aromatic N) is 1. The molecule has 1 aromatic carbocycles. The maximum absolute atomic E-state index is 14.1. The van der Waals surface area contributed by atoms with E-state index >= 15 is 0 Å². The first-order valence-electron chi connectivity index (χ1n) is 9.68. The molecule has 0 radical (unpaired) electrons. The standard InChI is InChI=1S/C21H32N2O3S/c1-5-23-19-10-7-6-9-17(19)21(22-13-8-14-26-3)18-12-11-16(2)15-20(18)27(23,4,24)25/h6-7,9-12,16,21-22H,5,8,13-15H2,1-4H3,(H,24,25). The number of nitrogens with one attached hydrogen (secondary N) is 1. The molecule has 3 rings (SSSR count).